The Morgan fingerprint density at radius 3 is 2.25 bits per heavy atom. The van der Waals surface area contributed by atoms with E-state index in [9.17, 15) is 21.2 Å². The van der Waals surface area contributed by atoms with Gasteiger partial charge in [-0.1, -0.05) is 37.3 Å². The van der Waals surface area contributed by atoms with E-state index in [4.69, 9.17) is 4.18 Å². The van der Waals surface area contributed by atoms with Gasteiger partial charge in [-0.2, -0.15) is 12.7 Å². The highest BCUT2D eigenvalue weighted by Gasteiger charge is 2.30. The molecule has 0 N–H and O–H groups in total. The fraction of sp³-hybridized carbons (Fsp3) is 0.192. The van der Waals surface area contributed by atoms with Crippen LogP contribution in [0, 0.1) is 5.82 Å². The van der Waals surface area contributed by atoms with Crippen LogP contribution in [0.3, 0.4) is 0 Å². The highest BCUT2D eigenvalue weighted by atomic mass is 32.2. The van der Waals surface area contributed by atoms with Gasteiger partial charge < -0.3 is 4.18 Å². The van der Waals surface area contributed by atoms with Crippen LogP contribution in [0.1, 0.15) is 25.8 Å². The molecular formula is C26H25FN2O5S2. The molecule has 0 amide bonds. The number of fused-ring (bicyclic) bond motifs is 1. The van der Waals surface area contributed by atoms with Crippen LogP contribution in [0.25, 0.3) is 10.9 Å². The number of nitrogens with zero attached hydrogens (tertiary/aromatic N) is 2. The van der Waals surface area contributed by atoms with Gasteiger partial charge in [0, 0.05) is 24.2 Å². The third-order valence-electron chi connectivity index (χ3n) is 5.83. The second kappa shape index (κ2) is 10.3. The Bertz CT molecular complexity index is 1570. The van der Waals surface area contributed by atoms with E-state index in [0.717, 1.165) is 29.7 Å². The van der Waals surface area contributed by atoms with E-state index < -0.39 is 26.0 Å². The first-order valence-electron chi connectivity index (χ1n) is 11.3. The first-order valence-corrected chi connectivity index (χ1v) is 14.1. The van der Waals surface area contributed by atoms with Crippen molar-refractivity contribution in [1.82, 2.24) is 9.29 Å². The molecule has 1 heterocycles. The van der Waals surface area contributed by atoms with Crippen LogP contribution < -0.4 is 4.18 Å². The van der Waals surface area contributed by atoms with E-state index in [2.05, 4.69) is 4.98 Å². The van der Waals surface area contributed by atoms with Gasteiger partial charge in [0.2, 0.25) is 10.0 Å². The molecule has 0 radical (unpaired) electrons. The summed E-state index contributed by atoms with van der Waals surface area (Å²) in [7, 11) is -8.05. The lowest BCUT2D eigenvalue weighted by Crippen LogP contribution is -2.37. The van der Waals surface area contributed by atoms with Gasteiger partial charge in [-0.05, 0) is 67.4 Å². The summed E-state index contributed by atoms with van der Waals surface area (Å²) in [5, 5.41) is 0.728. The summed E-state index contributed by atoms with van der Waals surface area (Å²) in [6.45, 7) is 3.82. The summed E-state index contributed by atoms with van der Waals surface area (Å²) in [5.41, 5.74) is 1.06. The number of hydrogen-bond donors (Lipinski definition) is 0. The van der Waals surface area contributed by atoms with Gasteiger partial charge in [-0.3, -0.25) is 4.98 Å². The molecule has 0 aliphatic carbocycles. The fourth-order valence-electron chi connectivity index (χ4n) is 3.70. The fourth-order valence-corrected chi connectivity index (χ4v) is 6.49. The zero-order chi connectivity index (χ0) is 25.9. The highest BCUT2D eigenvalue weighted by Crippen LogP contribution is 2.28. The number of rotatable bonds is 9. The Morgan fingerprint density at radius 1 is 0.917 bits per heavy atom. The number of pyridine rings is 1. The average molecular weight is 529 g/mol. The standard InChI is InChI=1S/C26H25FN2O5S2/c1-3-19(2)29(35(30,31)25-8-4-6-21-7-5-17-28-26(21)25)18-20-9-13-23(14-10-20)34-36(32,33)24-15-11-22(27)12-16-24/h4-17,19H,3,18H2,1-2H3/t19-/m0/s1. The minimum absolute atomic E-state index is 0.0549. The Morgan fingerprint density at radius 2 is 1.58 bits per heavy atom. The van der Waals surface area contributed by atoms with Crippen molar-refractivity contribution in [1.29, 1.82) is 0 Å². The van der Waals surface area contributed by atoms with Crippen molar-refractivity contribution in [2.75, 3.05) is 0 Å². The van der Waals surface area contributed by atoms with Crippen LogP contribution in [0.2, 0.25) is 0 Å². The number of para-hydroxylation sites is 1. The largest absolute Gasteiger partial charge is 0.379 e. The van der Waals surface area contributed by atoms with Crippen LogP contribution in [-0.2, 0) is 26.7 Å². The summed E-state index contributed by atoms with van der Waals surface area (Å²) < 4.78 is 72.1. The Balaban J connectivity index is 1.60. The van der Waals surface area contributed by atoms with Crippen LogP contribution in [0.4, 0.5) is 4.39 Å². The maximum atomic E-state index is 13.7. The molecule has 4 aromatic rings. The van der Waals surface area contributed by atoms with E-state index in [1.807, 2.05) is 26.0 Å². The van der Waals surface area contributed by atoms with Gasteiger partial charge in [0.25, 0.3) is 0 Å². The summed E-state index contributed by atoms with van der Waals surface area (Å²) >= 11 is 0. The zero-order valence-electron chi connectivity index (χ0n) is 19.7. The molecule has 0 aliphatic rings. The van der Waals surface area contributed by atoms with E-state index >= 15 is 0 Å². The van der Waals surface area contributed by atoms with Crippen molar-refractivity contribution in [3.05, 3.63) is 96.4 Å². The van der Waals surface area contributed by atoms with Gasteiger partial charge in [0.15, 0.2) is 0 Å². The van der Waals surface area contributed by atoms with Crippen LogP contribution >= 0.6 is 0 Å². The van der Waals surface area contributed by atoms with E-state index in [0.29, 0.717) is 17.5 Å². The Kier molecular flexibility index (Phi) is 7.39. The van der Waals surface area contributed by atoms with Gasteiger partial charge in [0.05, 0.1) is 5.52 Å². The zero-order valence-corrected chi connectivity index (χ0v) is 21.3. The number of hydrogen-bond acceptors (Lipinski definition) is 6. The number of benzene rings is 3. The smallest absolute Gasteiger partial charge is 0.339 e. The summed E-state index contributed by atoms with van der Waals surface area (Å²) in [5.74, 6) is -0.502. The maximum Gasteiger partial charge on any atom is 0.339 e. The van der Waals surface area contributed by atoms with E-state index in [-0.39, 0.29) is 28.1 Å². The topological polar surface area (TPSA) is 93.6 Å². The van der Waals surface area contributed by atoms with Crippen molar-refractivity contribution in [3.8, 4) is 5.75 Å². The number of sulfonamides is 1. The molecule has 0 unspecified atom stereocenters. The molecule has 0 fully saturated rings. The molecule has 0 bridgehead atoms. The second-order valence-electron chi connectivity index (χ2n) is 8.27. The summed E-state index contributed by atoms with van der Waals surface area (Å²) in [6, 6.07) is 18.8. The Hall–Kier alpha value is -3.34. The molecule has 0 saturated heterocycles. The van der Waals surface area contributed by atoms with Crippen molar-refractivity contribution in [2.45, 2.75) is 42.6 Å². The van der Waals surface area contributed by atoms with Crippen molar-refractivity contribution < 1.29 is 25.4 Å². The molecule has 0 saturated carbocycles. The van der Waals surface area contributed by atoms with Gasteiger partial charge in [-0.25, -0.2) is 12.8 Å². The lowest BCUT2D eigenvalue weighted by atomic mass is 10.2. The van der Waals surface area contributed by atoms with Gasteiger partial charge in [-0.15, -0.1) is 0 Å². The molecule has 0 aliphatic heterocycles. The predicted molar refractivity (Wildman–Crippen MR) is 135 cm³/mol. The maximum absolute atomic E-state index is 13.7. The van der Waals surface area contributed by atoms with Crippen LogP contribution in [0.15, 0.2) is 94.9 Å². The number of aromatic nitrogens is 1. The van der Waals surface area contributed by atoms with Gasteiger partial charge in [0.1, 0.15) is 21.4 Å². The molecule has 1 atom stereocenters. The van der Waals surface area contributed by atoms with E-state index in [1.54, 1.807) is 36.5 Å². The predicted octanol–water partition coefficient (Wildman–Crippen LogP) is 5.13. The summed E-state index contributed by atoms with van der Waals surface area (Å²) in [4.78, 5) is 4.25. The number of halogens is 1. The van der Waals surface area contributed by atoms with Crippen molar-refractivity contribution >= 4 is 31.0 Å². The monoisotopic (exact) mass is 528 g/mol. The lowest BCUT2D eigenvalue weighted by molar-refractivity contribution is 0.323. The Labute approximate surface area is 210 Å². The second-order valence-corrected chi connectivity index (χ2v) is 11.7. The quantitative estimate of drug-likeness (QED) is 0.280. The average Bonchev–Trinajstić information content (AvgIpc) is 2.87. The third-order valence-corrected chi connectivity index (χ3v) is 9.09. The summed E-state index contributed by atoms with van der Waals surface area (Å²) in [6.07, 6.45) is 2.15. The SMILES string of the molecule is CC[C@H](C)N(Cc1ccc(OS(=O)(=O)c2ccc(F)cc2)cc1)S(=O)(=O)c1cccc2cccnc12. The third kappa shape index (κ3) is 5.40. The van der Waals surface area contributed by atoms with Gasteiger partial charge >= 0.3 is 10.1 Å². The van der Waals surface area contributed by atoms with E-state index in [1.165, 1.54) is 16.4 Å². The molecule has 0 spiro atoms. The molecule has 36 heavy (non-hydrogen) atoms. The highest BCUT2D eigenvalue weighted by molar-refractivity contribution is 7.89. The molecule has 3 aromatic carbocycles. The van der Waals surface area contributed by atoms with Crippen LogP contribution in [0.5, 0.6) is 5.75 Å². The van der Waals surface area contributed by atoms with Crippen LogP contribution in [-0.4, -0.2) is 32.2 Å². The molecular weight excluding hydrogens is 503 g/mol. The molecule has 10 heteroatoms. The molecule has 4 rings (SSSR count). The lowest BCUT2D eigenvalue weighted by Gasteiger charge is -2.28. The minimum atomic E-state index is -4.14. The normalized spacial score (nSPS) is 13.1. The molecule has 188 valence electrons. The first kappa shape index (κ1) is 25.7. The van der Waals surface area contributed by atoms with Crippen molar-refractivity contribution in [3.63, 3.8) is 0 Å². The molecule has 1 aromatic heterocycles. The molecule has 7 nitrogen and oxygen atoms in total. The first-order chi connectivity index (χ1) is 17.1. The van der Waals surface area contributed by atoms with Crippen molar-refractivity contribution in [2.24, 2.45) is 0 Å². The minimum Gasteiger partial charge on any atom is -0.379 e.